The highest BCUT2D eigenvalue weighted by molar-refractivity contribution is 7.11. The van der Waals surface area contributed by atoms with Crippen molar-refractivity contribution in [2.75, 3.05) is 0 Å². The van der Waals surface area contributed by atoms with Gasteiger partial charge in [0, 0.05) is 20.7 Å². The van der Waals surface area contributed by atoms with Crippen LogP contribution < -0.4 is 0 Å². The highest BCUT2D eigenvalue weighted by Gasteiger charge is 2.02. The zero-order valence-corrected chi connectivity index (χ0v) is 7.59. The Morgan fingerprint density at radius 3 is 3.00 bits per heavy atom. The minimum atomic E-state index is 0.831. The predicted molar refractivity (Wildman–Crippen MR) is 50.4 cm³/mol. The van der Waals surface area contributed by atoms with Crippen molar-refractivity contribution in [3.8, 4) is 0 Å². The van der Waals surface area contributed by atoms with Crippen LogP contribution in [0, 0.1) is 12.3 Å². The zero-order valence-electron chi connectivity index (χ0n) is 6.02. The van der Waals surface area contributed by atoms with E-state index < -0.39 is 0 Å². The van der Waals surface area contributed by atoms with Gasteiger partial charge in [0.15, 0.2) is 0 Å². The quantitative estimate of drug-likeness (QED) is 0.582. The summed E-state index contributed by atoms with van der Waals surface area (Å²) in [4.78, 5) is 1.24. The van der Waals surface area contributed by atoms with E-state index in [1.807, 2.05) is 18.2 Å². The highest BCUT2D eigenvalue weighted by atomic mass is 35.5. The average Bonchev–Trinajstić information content (AvgIpc) is 2.34. The Hall–Kier alpha value is -0.530. The van der Waals surface area contributed by atoms with Crippen LogP contribution in [0.3, 0.4) is 0 Å². The lowest BCUT2D eigenvalue weighted by Crippen LogP contribution is -1.68. The van der Waals surface area contributed by atoms with Gasteiger partial charge in [-0.2, -0.15) is 0 Å². The maximum absolute atomic E-state index is 5.99. The molecule has 1 aromatic carbocycles. The summed E-state index contributed by atoms with van der Waals surface area (Å²) < 4.78 is 0. The van der Waals surface area contributed by atoms with Crippen LogP contribution in [-0.2, 0) is 0 Å². The molecule has 0 saturated heterocycles. The Balaban J connectivity index is 2.96. The lowest BCUT2D eigenvalue weighted by atomic mass is 10.2. The summed E-state index contributed by atoms with van der Waals surface area (Å²) in [6.45, 7) is 2.06. The van der Waals surface area contributed by atoms with E-state index in [4.69, 9.17) is 11.6 Å². The lowest BCUT2D eigenvalue weighted by molar-refractivity contribution is 1.68. The van der Waals surface area contributed by atoms with Crippen molar-refractivity contribution in [2.24, 2.45) is 0 Å². The number of rotatable bonds is 0. The van der Waals surface area contributed by atoms with Gasteiger partial charge in [0.2, 0.25) is 0 Å². The van der Waals surface area contributed by atoms with Crippen molar-refractivity contribution in [1.82, 2.24) is 0 Å². The molecule has 0 atom stereocenters. The Morgan fingerprint density at radius 1 is 1.45 bits per heavy atom. The molecule has 2 aromatic rings. The van der Waals surface area contributed by atoms with E-state index in [9.17, 15) is 0 Å². The molecule has 0 nitrogen and oxygen atoms in total. The summed E-state index contributed by atoms with van der Waals surface area (Å²) in [7, 11) is 0. The molecule has 0 bridgehead atoms. The van der Waals surface area contributed by atoms with Crippen LogP contribution in [0.4, 0.5) is 0 Å². The summed E-state index contributed by atoms with van der Waals surface area (Å²) in [5.41, 5.74) is 0. The summed E-state index contributed by atoms with van der Waals surface area (Å²) in [5.74, 6) is 0. The molecular formula is C9H6ClS. The van der Waals surface area contributed by atoms with E-state index in [0.717, 1.165) is 15.8 Å². The lowest BCUT2D eigenvalue weighted by Gasteiger charge is -1.93. The number of thiophene rings is 1. The van der Waals surface area contributed by atoms with Crippen LogP contribution in [0.15, 0.2) is 18.2 Å². The molecule has 0 N–H and O–H groups in total. The van der Waals surface area contributed by atoms with Gasteiger partial charge in [-0.05, 0) is 13.0 Å². The van der Waals surface area contributed by atoms with Gasteiger partial charge >= 0.3 is 0 Å². The maximum Gasteiger partial charge on any atom is 0.0530 e. The molecule has 55 valence electrons. The van der Waals surface area contributed by atoms with Gasteiger partial charge in [-0.3, -0.25) is 0 Å². The SMILES string of the molecule is Cc1s[c]c2cccc(Cl)c12. The number of halogens is 1. The molecule has 1 radical (unpaired) electrons. The van der Waals surface area contributed by atoms with Crippen molar-refractivity contribution in [1.29, 1.82) is 0 Å². The van der Waals surface area contributed by atoms with Crippen molar-refractivity contribution in [3.63, 3.8) is 0 Å². The Kier molecular flexibility index (Phi) is 1.63. The van der Waals surface area contributed by atoms with Crippen LogP contribution in [0.2, 0.25) is 5.02 Å². The van der Waals surface area contributed by atoms with Crippen LogP contribution in [0.5, 0.6) is 0 Å². The first-order chi connectivity index (χ1) is 5.29. The second-order valence-electron chi connectivity index (χ2n) is 2.42. The summed E-state index contributed by atoms with van der Waals surface area (Å²) in [5, 5.41) is 6.29. The molecule has 2 rings (SSSR count). The first-order valence-electron chi connectivity index (χ1n) is 3.34. The third kappa shape index (κ3) is 1.05. The fraction of sp³-hybridized carbons (Fsp3) is 0.111. The Labute approximate surface area is 74.4 Å². The van der Waals surface area contributed by atoms with Gasteiger partial charge in [-0.15, -0.1) is 11.3 Å². The molecule has 2 heteroatoms. The summed E-state index contributed by atoms with van der Waals surface area (Å²) >= 11 is 7.61. The Morgan fingerprint density at radius 2 is 2.27 bits per heavy atom. The number of hydrogen-bond donors (Lipinski definition) is 0. The van der Waals surface area contributed by atoms with Crippen LogP contribution >= 0.6 is 22.9 Å². The summed E-state index contributed by atoms with van der Waals surface area (Å²) in [6.07, 6.45) is 0. The normalized spacial score (nSPS) is 10.7. The maximum atomic E-state index is 5.99. The molecule has 0 unspecified atom stereocenters. The standard InChI is InChI=1S/C9H6ClS/c1-6-9-7(5-11-6)3-2-4-8(9)10/h2-4H,1H3. The molecule has 0 aliphatic carbocycles. The molecule has 0 fully saturated rings. The molecule has 0 aliphatic rings. The monoisotopic (exact) mass is 181 g/mol. The van der Waals surface area contributed by atoms with Crippen molar-refractivity contribution in [3.05, 3.63) is 33.5 Å². The van der Waals surface area contributed by atoms with E-state index in [0.29, 0.717) is 0 Å². The highest BCUT2D eigenvalue weighted by Crippen LogP contribution is 2.30. The third-order valence-corrected chi connectivity index (χ3v) is 2.83. The largest absolute Gasteiger partial charge is 0.138 e. The average molecular weight is 182 g/mol. The first kappa shape index (κ1) is 7.14. The van der Waals surface area contributed by atoms with E-state index in [-0.39, 0.29) is 0 Å². The van der Waals surface area contributed by atoms with Crippen molar-refractivity contribution in [2.45, 2.75) is 6.92 Å². The fourth-order valence-electron chi connectivity index (χ4n) is 1.15. The molecule has 1 aromatic heterocycles. The number of fused-ring (bicyclic) bond motifs is 1. The van der Waals surface area contributed by atoms with Crippen LogP contribution in [0.25, 0.3) is 10.8 Å². The predicted octanol–water partition coefficient (Wildman–Crippen LogP) is 3.66. The van der Waals surface area contributed by atoms with Crippen molar-refractivity contribution < 1.29 is 0 Å². The van der Waals surface area contributed by atoms with E-state index >= 15 is 0 Å². The van der Waals surface area contributed by atoms with Crippen molar-refractivity contribution >= 4 is 33.7 Å². The molecule has 0 saturated carbocycles. The van der Waals surface area contributed by atoms with E-state index in [2.05, 4.69) is 12.3 Å². The Bertz CT molecular complexity index is 389. The minimum Gasteiger partial charge on any atom is -0.138 e. The summed E-state index contributed by atoms with van der Waals surface area (Å²) in [6, 6.07) is 5.90. The van der Waals surface area contributed by atoms with Gasteiger partial charge in [-0.1, -0.05) is 23.7 Å². The smallest absolute Gasteiger partial charge is 0.0530 e. The fourth-order valence-corrected chi connectivity index (χ4v) is 2.28. The molecule has 0 amide bonds. The molecule has 0 aliphatic heterocycles. The van der Waals surface area contributed by atoms with E-state index in [1.54, 1.807) is 11.3 Å². The number of benzene rings is 1. The number of aryl methyl sites for hydroxylation is 1. The van der Waals surface area contributed by atoms with Gasteiger partial charge in [0.1, 0.15) is 0 Å². The second-order valence-corrected chi connectivity index (χ2v) is 3.85. The third-order valence-electron chi connectivity index (χ3n) is 1.68. The number of hydrogen-bond acceptors (Lipinski definition) is 1. The second kappa shape index (κ2) is 2.50. The van der Waals surface area contributed by atoms with Gasteiger partial charge in [0.25, 0.3) is 0 Å². The first-order valence-corrected chi connectivity index (χ1v) is 4.54. The molecule has 1 heterocycles. The molecular weight excluding hydrogens is 176 g/mol. The van der Waals surface area contributed by atoms with Crippen LogP contribution in [-0.4, -0.2) is 0 Å². The molecule has 0 spiro atoms. The van der Waals surface area contributed by atoms with Crippen LogP contribution in [0.1, 0.15) is 4.88 Å². The van der Waals surface area contributed by atoms with Gasteiger partial charge < -0.3 is 0 Å². The van der Waals surface area contributed by atoms with Gasteiger partial charge in [0.05, 0.1) is 5.38 Å². The van der Waals surface area contributed by atoms with E-state index in [1.165, 1.54) is 4.88 Å². The van der Waals surface area contributed by atoms with Gasteiger partial charge in [-0.25, -0.2) is 0 Å². The zero-order chi connectivity index (χ0) is 7.84. The minimum absolute atomic E-state index is 0.831. The molecule has 11 heavy (non-hydrogen) atoms. The topological polar surface area (TPSA) is 0 Å².